The van der Waals surface area contributed by atoms with Crippen molar-refractivity contribution in [1.82, 2.24) is 14.9 Å². The molecule has 10 nitrogen and oxygen atoms in total. The van der Waals surface area contributed by atoms with Gasteiger partial charge >= 0.3 is 0 Å². The Labute approximate surface area is 228 Å². The Hall–Kier alpha value is -3.04. The maximum Gasteiger partial charge on any atom is 0.242 e. The molecule has 0 radical (unpaired) electrons. The lowest BCUT2D eigenvalue weighted by molar-refractivity contribution is -0.144. The summed E-state index contributed by atoms with van der Waals surface area (Å²) in [6.45, 7) is 9.59. The fourth-order valence-corrected chi connectivity index (χ4v) is 8.42. The topological polar surface area (TPSA) is 162 Å². The standard InChI is InChI=1S/C27H36FN5O5S/c1-25(2,3)20(32-39(37,38)18-8-6-17(28)7-9-18)24(36)33-14-19-26(4,5)27(19,21(33)22(30)34)16(13-29)12-15-10-11-31-23(15)35/h6-9,15-16,19-21,32H,10-12,14H2,1-5H3,(H2,30,34)(H,31,35)/t15-,16-,19?,20-,21?,27?/m1/s1. The number of amides is 3. The fourth-order valence-electron chi connectivity index (χ4n) is 7.02. The van der Waals surface area contributed by atoms with Crippen molar-refractivity contribution in [2.45, 2.75) is 64.4 Å². The molecule has 39 heavy (non-hydrogen) atoms. The lowest BCUT2D eigenvalue weighted by Gasteiger charge is -2.40. The van der Waals surface area contributed by atoms with Gasteiger partial charge in [-0.2, -0.15) is 9.98 Å². The van der Waals surface area contributed by atoms with Crippen molar-refractivity contribution < 1.29 is 27.2 Å². The maximum absolute atomic E-state index is 14.1. The third-order valence-electron chi connectivity index (χ3n) is 9.10. The third-order valence-corrected chi connectivity index (χ3v) is 10.5. The molecule has 0 spiro atoms. The zero-order valence-corrected chi connectivity index (χ0v) is 23.6. The SMILES string of the molecule is CC(C)(C)[C@H](NS(=O)(=O)c1ccc(F)cc1)C(=O)N1CC2C(C)(C)C2([C@@H](C#N)C[C@H]2CCNC2=O)C1C(N)=O. The van der Waals surface area contributed by atoms with E-state index in [9.17, 15) is 32.5 Å². The number of piperidine rings is 1. The van der Waals surface area contributed by atoms with Gasteiger partial charge in [0.25, 0.3) is 0 Å². The van der Waals surface area contributed by atoms with E-state index in [1.165, 1.54) is 4.90 Å². The number of carbonyl (C=O) groups is 3. The van der Waals surface area contributed by atoms with Crippen molar-refractivity contribution in [2.24, 2.45) is 39.7 Å². The predicted molar refractivity (Wildman–Crippen MR) is 139 cm³/mol. The van der Waals surface area contributed by atoms with Gasteiger partial charge in [0.2, 0.25) is 27.7 Å². The molecule has 3 aliphatic rings. The number of nitriles is 1. The lowest BCUT2D eigenvalue weighted by atomic mass is 9.73. The van der Waals surface area contributed by atoms with E-state index in [0.29, 0.717) is 13.0 Å². The summed E-state index contributed by atoms with van der Waals surface area (Å²) in [7, 11) is -4.23. The number of hydrogen-bond donors (Lipinski definition) is 3. The van der Waals surface area contributed by atoms with Crippen LogP contribution in [0.5, 0.6) is 0 Å². The molecule has 2 aliphatic heterocycles. The molecule has 1 aromatic carbocycles. The van der Waals surface area contributed by atoms with Gasteiger partial charge in [0.1, 0.15) is 17.9 Å². The molecular weight excluding hydrogens is 525 g/mol. The molecule has 4 rings (SSSR count). The minimum Gasteiger partial charge on any atom is -0.368 e. The molecule has 0 aromatic heterocycles. The summed E-state index contributed by atoms with van der Waals surface area (Å²) in [4.78, 5) is 40.5. The monoisotopic (exact) mass is 561 g/mol. The van der Waals surface area contributed by atoms with Crippen LogP contribution < -0.4 is 15.8 Å². The molecule has 3 fully saturated rings. The highest BCUT2D eigenvalue weighted by atomic mass is 32.2. The highest BCUT2D eigenvalue weighted by Gasteiger charge is 2.83. The average molecular weight is 562 g/mol. The lowest BCUT2D eigenvalue weighted by Crippen LogP contribution is -2.60. The van der Waals surface area contributed by atoms with Crippen LogP contribution in [0.15, 0.2) is 29.2 Å². The van der Waals surface area contributed by atoms with Crippen LogP contribution in [0.1, 0.15) is 47.5 Å². The molecule has 1 saturated carbocycles. The van der Waals surface area contributed by atoms with Gasteiger partial charge in [-0.25, -0.2) is 12.8 Å². The fraction of sp³-hybridized carbons (Fsp3) is 0.630. The van der Waals surface area contributed by atoms with Gasteiger partial charge in [0.05, 0.1) is 16.9 Å². The van der Waals surface area contributed by atoms with Crippen LogP contribution >= 0.6 is 0 Å². The first-order valence-electron chi connectivity index (χ1n) is 13.0. The van der Waals surface area contributed by atoms with Crippen LogP contribution in [0.25, 0.3) is 0 Å². The molecule has 1 aromatic rings. The van der Waals surface area contributed by atoms with Gasteiger partial charge in [-0.1, -0.05) is 34.6 Å². The van der Waals surface area contributed by atoms with E-state index in [-0.39, 0.29) is 35.6 Å². The Bertz CT molecular complexity index is 1330. The summed E-state index contributed by atoms with van der Waals surface area (Å²) in [5.74, 6) is -3.47. The molecule has 12 heteroatoms. The van der Waals surface area contributed by atoms with Crippen molar-refractivity contribution in [3.63, 3.8) is 0 Å². The zero-order valence-electron chi connectivity index (χ0n) is 22.8. The number of benzene rings is 1. The van der Waals surface area contributed by atoms with E-state index in [1.54, 1.807) is 20.8 Å². The van der Waals surface area contributed by atoms with Gasteiger partial charge in [-0.3, -0.25) is 14.4 Å². The molecule has 212 valence electrons. The van der Waals surface area contributed by atoms with Crippen LogP contribution in [0.4, 0.5) is 4.39 Å². The van der Waals surface area contributed by atoms with Crippen molar-refractivity contribution in [2.75, 3.05) is 13.1 Å². The number of nitrogens with one attached hydrogen (secondary N) is 2. The van der Waals surface area contributed by atoms with Crippen LogP contribution in [-0.2, 0) is 24.4 Å². The van der Waals surface area contributed by atoms with E-state index in [2.05, 4.69) is 16.1 Å². The summed E-state index contributed by atoms with van der Waals surface area (Å²) in [6, 6.07) is 4.12. The quantitative estimate of drug-likeness (QED) is 0.436. The van der Waals surface area contributed by atoms with Crippen molar-refractivity contribution >= 4 is 27.7 Å². The van der Waals surface area contributed by atoms with Crippen LogP contribution in [0.3, 0.4) is 0 Å². The normalized spacial score (nSPS) is 29.2. The second kappa shape index (κ2) is 9.55. The molecular formula is C27H36FN5O5S. The number of sulfonamides is 1. The summed E-state index contributed by atoms with van der Waals surface area (Å²) < 4.78 is 42.2. The number of primary amides is 1. The number of carbonyl (C=O) groups excluding carboxylic acids is 3. The van der Waals surface area contributed by atoms with Gasteiger partial charge < -0.3 is 16.0 Å². The first kappa shape index (κ1) is 29.0. The Morgan fingerprint density at radius 2 is 1.90 bits per heavy atom. The van der Waals surface area contributed by atoms with Crippen LogP contribution in [0.2, 0.25) is 0 Å². The summed E-state index contributed by atoms with van der Waals surface area (Å²) >= 11 is 0. The minimum absolute atomic E-state index is 0.124. The smallest absolute Gasteiger partial charge is 0.242 e. The molecule has 2 heterocycles. The summed E-state index contributed by atoms with van der Waals surface area (Å²) in [6.07, 6.45) is 0.827. The third kappa shape index (κ3) is 4.59. The van der Waals surface area contributed by atoms with Crippen molar-refractivity contribution in [3.05, 3.63) is 30.1 Å². The maximum atomic E-state index is 14.1. The van der Waals surface area contributed by atoms with Crippen molar-refractivity contribution in [3.8, 4) is 6.07 Å². The molecule has 4 N–H and O–H groups in total. The van der Waals surface area contributed by atoms with E-state index >= 15 is 0 Å². The Kier molecular flexibility index (Phi) is 7.09. The number of hydrogen-bond acceptors (Lipinski definition) is 6. The number of nitrogens with zero attached hydrogens (tertiary/aromatic N) is 2. The van der Waals surface area contributed by atoms with Crippen molar-refractivity contribution in [1.29, 1.82) is 5.26 Å². The number of halogens is 1. The second-order valence-electron chi connectivity index (χ2n) is 12.6. The van der Waals surface area contributed by atoms with E-state index in [0.717, 1.165) is 24.3 Å². The average Bonchev–Trinajstić information content (AvgIpc) is 3.19. The van der Waals surface area contributed by atoms with E-state index < -0.39 is 61.9 Å². The zero-order chi connectivity index (χ0) is 29.1. The number of likely N-dealkylation sites (tertiary alicyclic amines) is 1. The molecule has 3 unspecified atom stereocenters. The largest absolute Gasteiger partial charge is 0.368 e. The first-order valence-corrected chi connectivity index (χ1v) is 14.5. The molecule has 0 bridgehead atoms. The molecule has 2 saturated heterocycles. The van der Waals surface area contributed by atoms with E-state index in [1.807, 2.05) is 13.8 Å². The first-order chi connectivity index (χ1) is 18.0. The summed E-state index contributed by atoms with van der Waals surface area (Å²) in [5.41, 5.74) is 3.53. The number of nitrogens with two attached hydrogens (primary N) is 1. The molecule has 6 atom stereocenters. The number of fused-ring (bicyclic) bond motifs is 1. The minimum atomic E-state index is -4.23. The van der Waals surface area contributed by atoms with Gasteiger partial charge in [0, 0.05) is 24.4 Å². The molecule has 3 amide bonds. The highest BCUT2D eigenvalue weighted by molar-refractivity contribution is 7.89. The Balaban J connectivity index is 1.69. The Morgan fingerprint density at radius 1 is 1.28 bits per heavy atom. The molecule has 1 aliphatic carbocycles. The predicted octanol–water partition coefficient (Wildman–Crippen LogP) is 1.52. The van der Waals surface area contributed by atoms with Gasteiger partial charge in [0.15, 0.2) is 0 Å². The number of rotatable bonds is 8. The summed E-state index contributed by atoms with van der Waals surface area (Å²) in [5, 5.41) is 13.0. The Morgan fingerprint density at radius 3 is 2.38 bits per heavy atom. The van der Waals surface area contributed by atoms with E-state index in [4.69, 9.17) is 5.73 Å². The van der Waals surface area contributed by atoms with Gasteiger partial charge in [-0.15, -0.1) is 0 Å². The van der Waals surface area contributed by atoms with Gasteiger partial charge in [-0.05, 0) is 53.9 Å². The highest BCUT2D eigenvalue weighted by Crippen LogP contribution is 2.78. The van der Waals surface area contributed by atoms with Crippen LogP contribution in [0, 0.1) is 51.1 Å². The second-order valence-corrected chi connectivity index (χ2v) is 14.3. The van der Waals surface area contributed by atoms with Crippen LogP contribution in [-0.4, -0.2) is 56.2 Å².